The van der Waals surface area contributed by atoms with Gasteiger partial charge in [-0.15, -0.1) is 0 Å². The quantitative estimate of drug-likeness (QED) is 0.724. The lowest BCUT2D eigenvalue weighted by atomic mass is 10.1. The lowest BCUT2D eigenvalue weighted by Crippen LogP contribution is -2.43. The van der Waals surface area contributed by atoms with Crippen LogP contribution >= 0.6 is 0 Å². The van der Waals surface area contributed by atoms with Gasteiger partial charge in [-0.3, -0.25) is 4.79 Å². The van der Waals surface area contributed by atoms with Gasteiger partial charge in [0.1, 0.15) is 0 Å². The van der Waals surface area contributed by atoms with Crippen molar-refractivity contribution in [1.82, 2.24) is 10.2 Å². The Morgan fingerprint density at radius 3 is 2.93 bits per heavy atom. The molecule has 1 saturated heterocycles. The van der Waals surface area contributed by atoms with Crippen molar-refractivity contribution in [3.8, 4) is 0 Å². The van der Waals surface area contributed by atoms with Crippen molar-refractivity contribution in [1.29, 1.82) is 0 Å². The number of hydrogen-bond acceptors (Lipinski definition) is 2. The number of hydrogen-bond donors (Lipinski definition) is 1. The minimum Gasteiger partial charge on any atom is -0.342 e. The summed E-state index contributed by atoms with van der Waals surface area (Å²) in [5, 5.41) is 3.34. The van der Waals surface area contributed by atoms with Crippen molar-refractivity contribution in [3.63, 3.8) is 0 Å². The number of rotatable bonds is 2. The van der Waals surface area contributed by atoms with Crippen LogP contribution in [0.5, 0.6) is 0 Å². The van der Waals surface area contributed by atoms with E-state index in [9.17, 15) is 4.79 Å². The molecule has 0 saturated carbocycles. The van der Waals surface area contributed by atoms with Crippen LogP contribution in [0.3, 0.4) is 0 Å². The summed E-state index contributed by atoms with van der Waals surface area (Å²) < 4.78 is 0. The highest BCUT2D eigenvalue weighted by atomic mass is 16.2. The molecular formula is C11H22N2O. The van der Waals surface area contributed by atoms with Crippen molar-refractivity contribution in [3.05, 3.63) is 0 Å². The molecule has 1 aliphatic rings. The van der Waals surface area contributed by atoms with Crippen molar-refractivity contribution in [2.24, 2.45) is 5.92 Å². The minimum absolute atomic E-state index is 0.304. The fraction of sp³-hybridized carbons (Fsp3) is 0.909. The van der Waals surface area contributed by atoms with Crippen molar-refractivity contribution in [2.45, 2.75) is 39.7 Å². The molecule has 3 nitrogen and oxygen atoms in total. The largest absolute Gasteiger partial charge is 0.342 e. The molecule has 14 heavy (non-hydrogen) atoms. The highest BCUT2D eigenvalue weighted by Gasteiger charge is 2.19. The maximum absolute atomic E-state index is 11.8. The Labute approximate surface area is 86.9 Å². The Balaban J connectivity index is 2.49. The second kappa shape index (κ2) is 5.35. The molecule has 0 bridgehead atoms. The molecule has 0 aromatic rings. The molecule has 1 atom stereocenters. The van der Waals surface area contributed by atoms with Crippen LogP contribution in [0.2, 0.25) is 0 Å². The first-order valence-electron chi connectivity index (χ1n) is 5.60. The summed E-state index contributed by atoms with van der Waals surface area (Å²) >= 11 is 0. The van der Waals surface area contributed by atoms with Gasteiger partial charge in [-0.2, -0.15) is 0 Å². The van der Waals surface area contributed by atoms with E-state index < -0.39 is 0 Å². The molecule has 0 spiro atoms. The van der Waals surface area contributed by atoms with Crippen LogP contribution in [0.15, 0.2) is 0 Å². The van der Waals surface area contributed by atoms with Crippen LogP contribution in [-0.4, -0.2) is 36.5 Å². The molecule has 1 heterocycles. The van der Waals surface area contributed by atoms with Crippen LogP contribution in [0.4, 0.5) is 0 Å². The summed E-state index contributed by atoms with van der Waals surface area (Å²) in [7, 11) is 0. The SMILES string of the molecule is CC(C)CN1CCCNC(C)CC1=O. The first kappa shape index (κ1) is 11.5. The van der Waals surface area contributed by atoms with Gasteiger partial charge in [0.05, 0.1) is 0 Å². The first-order valence-corrected chi connectivity index (χ1v) is 5.60. The van der Waals surface area contributed by atoms with Gasteiger partial charge < -0.3 is 10.2 Å². The summed E-state index contributed by atoms with van der Waals surface area (Å²) in [6.07, 6.45) is 1.72. The van der Waals surface area contributed by atoms with E-state index in [2.05, 4.69) is 26.1 Å². The predicted molar refractivity (Wildman–Crippen MR) is 58.1 cm³/mol. The topological polar surface area (TPSA) is 32.3 Å². The Morgan fingerprint density at radius 1 is 1.57 bits per heavy atom. The van der Waals surface area contributed by atoms with E-state index in [1.165, 1.54) is 0 Å². The van der Waals surface area contributed by atoms with Crippen molar-refractivity contribution in [2.75, 3.05) is 19.6 Å². The Morgan fingerprint density at radius 2 is 2.29 bits per heavy atom. The summed E-state index contributed by atoms with van der Waals surface area (Å²) in [4.78, 5) is 13.8. The standard InChI is InChI=1S/C11H22N2O/c1-9(2)8-13-6-4-5-12-10(3)7-11(13)14/h9-10,12H,4-8H2,1-3H3. The second-order valence-corrected chi connectivity index (χ2v) is 4.65. The highest BCUT2D eigenvalue weighted by molar-refractivity contribution is 5.76. The summed E-state index contributed by atoms with van der Waals surface area (Å²) in [5.41, 5.74) is 0. The van der Waals surface area contributed by atoms with Gasteiger partial charge in [0.2, 0.25) is 5.91 Å². The predicted octanol–water partition coefficient (Wildman–Crippen LogP) is 1.24. The Bertz CT molecular complexity index is 192. The summed E-state index contributed by atoms with van der Waals surface area (Å²) in [5.74, 6) is 0.875. The number of carbonyl (C=O) groups excluding carboxylic acids is 1. The zero-order chi connectivity index (χ0) is 10.6. The molecule has 1 amide bonds. The van der Waals surface area contributed by atoms with Gasteiger partial charge in [0.15, 0.2) is 0 Å². The van der Waals surface area contributed by atoms with E-state index in [-0.39, 0.29) is 0 Å². The van der Waals surface area contributed by atoms with E-state index in [1.807, 2.05) is 4.90 Å². The Hall–Kier alpha value is -0.570. The molecule has 0 aromatic heterocycles. The maximum Gasteiger partial charge on any atom is 0.224 e. The molecular weight excluding hydrogens is 176 g/mol. The number of amides is 1. The lowest BCUT2D eigenvalue weighted by Gasteiger charge is -2.29. The van der Waals surface area contributed by atoms with Crippen molar-refractivity contribution < 1.29 is 4.79 Å². The molecule has 0 aliphatic carbocycles. The van der Waals surface area contributed by atoms with Crippen molar-refractivity contribution >= 4 is 5.91 Å². The van der Waals surface area contributed by atoms with E-state index in [0.717, 1.165) is 26.1 Å². The van der Waals surface area contributed by atoms with E-state index in [0.29, 0.717) is 24.3 Å². The second-order valence-electron chi connectivity index (χ2n) is 4.65. The molecule has 0 radical (unpaired) electrons. The molecule has 1 aliphatic heterocycles. The maximum atomic E-state index is 11.8. The third-order valence-electron chi connectivity index (χ3n) is 2.52. The minimum atomic E-state index is 0.304. The van der Waals surface area contributed by atoms with Crippen LogP contribution in [-0.2, 0) is 4.79 Å². The van der Waals surface area contributed by atoms with Crippen LogP contribution in [0.25, 0.3) is 0 Å². The zero-order valence-corrected chi connectivity index (χ0v) is 9.55. The molecule has 0 aromatic carbocycles. The highest BCUT2D eigenvalue weighted by Crippen LogP contribution is 2.07. The number of nitrogens with zero attached hydrogens (tertiary/aromatic N) is 1. The monoisotopic (exact) mass is 198 g/mol. The lowest BCUT2D eigenvalue weighted by molar-refractivity contribution is -0.132. The van der Waals surface area contributed by atoms with Gasteiger partial charge in [-0.05, 0) is 25.8 Å². The molecule has 82 valence electrons. The van der Waals surface area contributed by atoms with Gasteiger partial charge in [-0.25, -0.2) is 0 Å². The molecule has 3 heteroatoms. The van der Waals surface area contributed by atoms with Gasteiger partial charge in [0.25, 0.3) is 0 Å². The molecule has 1 N–H and O–H groups in total. The zero-order valence-electron chi connectivity index (χ0n) is 9.55. The average Bonchev–Trinajstić information content (AvgIpc) is 2.07. The fourth-order valence-electron chi connectivity index (χ4n) is 1.84. The summed E-state index contributed by atoms with van der Waals surface area (Å²) in [6.45, 7) is 9.25. The third-order valence-corrected chi connectivity index (χ3v) is 2.52. The van der Waals surface area contributed by atoms with Gasteiger partial charge in [0, 0.05) is 25.6 Å². The summed E-state index contributed by atoms with van der Waals surface area (Å²) in [6, 6.07) is 0.331. The fourth-order valence-corrected chi connectivity index (χ4v) is 1.84. The Kier molecular flexibility index (Phi) is 4.39. The van der Waals surface area contributed by atoms with Crippen LogP contribution < -0.4 is 5.32 Å². The number of carbonyl (C=O) groups is 1. The molecule has 1 unspecified atom stereocenters. The van der Waals surface area contributed by atoms with Gasteiger partial charge >= 0.3 is 0 Å². The smallest absolute Gasteiger partial charge is 0.224 e. The number of nitrogens with one attached hydrogen (secondary N) is 1. The first-order chi connectivity index (χ1) is 6.59. The van der Waals surface area contributed by atoms with Crippen LogP contribution in [0.1, 0.15) is 33.6 Å². The molecule has 1 fully saturated rings. The normalized spacial score (nSPS) is 25.0. The molecule has 1 rings (SSSR count). The van der Waals surface area contributed by atoms with E-state index >= 15 is 0 Å². The average molecular weight is 198 g/mol. The van der Waals surface area contributed by atoms with Gasteiger partial charge in [-0.1, -0.05) is 13.8 Å². The van der Waals surface area contributed by atoms with Crippen LogP contribution in [0, 0.1) is 5.92 Å². The van der Waals surface area contributed by atoms with E-state index in [1.54, 1.807) is 0 Å². The van der Waals surface area contributed by atoms with E-state index in [4.69, 9.17) is 0 Å². The third kappa shape index (κ3) is 3.66.